The Balaban J connectivity index is 1.72. The second-order valence-corrected chi connectivity index (χ2v) is 7.55. The molecule has 3 heterocycles. The summed E-state index contributed by atoms with van der Waals surface area (Å²) in [6.07, 6.45) is 7.77. The Hall–Kier alpha value is -4.33. The minimum atomic E-state index is -0.405. The predicted molar refractivity (Wildman–Crippen MR) is 119 cm³/mol. The summed E-state index contributed by atoms with van der Waals surface area (Å²) in [7, 11) is 1.88. The molecule has 5 rings (SSSR count). The molecule has 8 heteroatoms. The lowest BCUT2D eigenvalue weighted by Crippen LogP contribution is -2.17. The molecule has 0 aliphatic rings. The molecule has 1 amide bonds. The number of primary amides is 1. The number of hydrogen-bond acceptors (Lipinski definition) is 3. The van der Waals surface area contributed by atoms with E-state index in [-0.39, 0.29) is 17.2 Å². The molecule has 5 aromatic rings. The maximum absolute atomic E-state index is 11.6. The molecule has 0 spiro atoms. The maximum Gasteiger partial charge on any atom is 0.271 e. The molecule has 154 valence electrons. The smallest absolute Gasteiger partial charge is 0.271 e. The number of para-hydroxylation sites is 1. The molecular weight excluding hydrogens is 394 g/mol. The Labute approximate surface area is 176 Å². The number of carbonyl (C=O) groups excluding carboxylic acids is 1. The second-order valence-electron chi connectivity index (χ2n) is 7.55. The van der Waals surface area contributed by atoms with Crippen LogP contribution in [-0.2, 0) is 18.4 Å². The van der Waals surface area contributed by atoms with E-state index in [1.165, 1.54) is 6.07 Å². The average Bonchev–Trinajstić information content (AvgIpc) is 3.44. The molecule has 8 nitrogen and oxygen atoms in total. The van der Waals surface area contributed by atoms with Gasteiger partial charge in [0.2, 0.25) is 5.91 Å². The zero-order valence-electron chi connectivity index (χ0n) is 16.7. The van der Waals surface area contributed by atoms with Crippen molar-refractivity contribution in [2.24, 2.45) is 12.8 Å². The number of nitrogens with one attached hydrogen (secondary N) is 1. The molecule has 0 radical (unpaired) electrons. The Bertz CT molecular complexity index is 1490. The number of hydrogen-bond donors (Lipinski definition) is 2. The summed E-state index contributed by atoms with van der Waals surface area (Å²) in [6, 6.07) is 12.8. The highest BCUT2D eigenvalue weighted by molar-refractivity contribution is 6.05. The van der Waals surface area contributed by atoms with Crippen molar-refractivity contribution in [2.75, 3.05) is 0 Å². The molecule has 0 unspecified atom stereocenters. The van der Waals surface area contributed by atoms with Gasteiger partial charge in [-0.1, -0.05) is 18.2 Å². The van der Waals surface area contributed by atoms with Gasteiger partial charge in [-0.05, 0) is 12.1 Å². The van der Waals surface area contributed by atoms with Crippen molar-refractivity contribution in [3.05, 3.63) is 77.4 Å². The predicted octanol–water partition coefficient (Wildman–Crippen LogP) is 4.19. The van der Waals surface area contributed by atoms with Crippen molar-refractivity contribution in [1.82, 2.24) is 14.1 Å². The van der Waals surface area contributed by atoms with E-state index in [4.69, 9.17) is 5.73 Å². The van der Waals surface area contributed by atoms with E-state index in [0.29, 0.717) is 0 Å². The molecule has 0 aliphatic carbocycles. The monoisotopic (exact) mass is 413 g/mol. The number of H-pyrrole nitrogens is 1. The number of aromatic nitrogens is 3. The lowest BCUT2D eigenvalue weighted by molar-refractivity contribution is -0.384. The Morgan fingerprint density at radius 2 is 1.68 bits per heavy atom. The van der Waals surface area contributed by atoms with Gasteiger partial charge >= 0.3 is 0 Å². The minimum absolute atomic E-state index is 0.0593. The maximum atomic E-state index is 11.6. The van der Waals surface area contributed by atoms with Crippen LogP contribution in [0.4, 0.5) is 5.69 Å². The van der Waals surface area contributed by atoms with E-state index in [0.717, 1.165) is 44.1 Å². The van der Waals surface area contributed by atoms with Crippen LogP contribution in [0.25, 0.3) is 44.1 Å². The number of non-ortho nitro benzene ring substituents is 1. The van der Waals surface area contributed by atoms with Gasteiger partial charge in [0.25, 0.3) is 5.69 Å². The molecule has 0 fully saturated rings. The summed E-state index contributed by atoms with van der Waals surface area (Å²) in [5.74, 6) is -0.405. The van der Waals surface area contributed by atoms with Crippen LogP contribution in [-0.4, -0.2) is 24.9 Å². The van der Waals surface area contributed by atoms with E-state index >= 15 is 0 Å². The number of nitro benzene ring substituents is 1. The van der Waals surface area contributed by atoms with Crippen LogP contribution in [0.1, 0.15) is 0 Å². The van der Waals surface area contributed by atoms with Crippen molar-refractivity contribution in [3.8, 4) is 22.3 Å². The summed E-state index contributed by atoms with van der Waals surface area (Å²) < 4.78 is 3.75. The first-order chi connectivity index (χ1) is 14.9. The van der Waals surface area contributed by atoms with Crippen molar-refractivity contribution in [1.29, 1.82) is 0 Å². The average molecular weight is 413 g/mol. The number of amides is 1. The van der Waals surface area contributed by atoms with Gasteiger partial charge in [-0.3, -0.25) is 14.9 Å². The first-order valence-corrected chi connectivity index (χ1v) is 9.71. The Kier molecular flexibility index (Phi) is 4.14. The summed E-state index contributed by atoms with van der Waals surface area (Å²) in [6.45, 7) is 0.0954. The van der Waals surface area contributed by atoms with E-state index in [1.54, 1.807) is 12.1 Å². The zero-order chi connectivity index (χ0) is 21.7. The van der Waals surface area contributed by atoms with Gasteiger partial charge in [0.05, 0.1) is 10.4 Å². The van der Waals surface area contributed by atoms with E-state index in [1.807, 2.05) is 65.2 Å². The number of benzene rings is 2. The van der Waals surface area contributed by atoms with Crippen LogP contribution < -0.4 is 5.73 Å². The van der Waals surface area contributed by atoms with Gasteiger partial charge in [0, 0.05) is 82.5 Å². The normalized spacial score (nSPS) is 11.4. The fourth-order valence-corrected chi connectivity index (χ4v) is 4.27. The second kappa shape index (κ2) is 6.88. The van der Waals surface area contributed by atoms with Gasteiger partial charge in [0.15, 0.2) is 0 Å². The molecule has 0 bridgehead atoms. The molecule has 3 aromatic heterocycles. The standard InChI is InChI=1S/C23H19N5O3/c1-26-11-19(16-7-6-14(28(30)31)8-22(16)26)17-9-25-10-18(17)20-12-27(13-23(24)29)21-5-3-2-4-15(20)21/h2-12,25H,13H2,1H3,(H2,24,29). The molecule has 0 atom stereocenters. The van der Waals surface area contributed by atoms with Crippen LogP contribution in [0.2, 0.25) is 0 Å². The van der Waals surface area contributed by atoms with Crippen LogP contribution in [0.15, 0.2) is 67.3 Å². The summed E-state index contributed by atoms with van der Waals surface area (Å²) in [5, 5.41) is 13.1. The highest BCUT2D eigenvalue weighted by atomic mass is 16.6. The summed E-state index contributed by atoms with van der Waals surface area (Å²) >= 11 is 0. The number of carbonyl (C=O) groups is 1. The molecule has 3 N–H and O–H groups in total. The van der Waals surface area contributed by atoms with Gasteiger partial charge in [-0.25, -0.2) is 0 Å². The minimum Gasteiger partial charge on any atom is -0.368 e. The topological polar surface area (TPSA) is 112 Å². The van der Waals surface area contributed by atoms with Gasteiger partial charge in [-0.15, -0.1) is 0 Å². The molecule has 0 saturated heterocycles. The van der Waals surface area contributed by atoms with Crippen molar-refractivity contribution in [2.45, 2.75) is 6.54 Å². The number of aromatic amines is 1. The fourth-order valence-electron chi connectivity index (χ4n) is 4.27. The van der Waals surface area contributed by atoms with Crippen molar-refractivity contribution < 1.29 is 9.72 Å². The van der Waals surface area contributed by atoms with E-state index in [9.17, 15) is 14.9 Å². The van der Waals surface area contributed by atoms with Crippen LogP contribution in [0, 0.1) is 10.1 Å². The highest BCUT2D eigenvalue weighted by Crippen LogP contribution is 2.40. The molecule has 2 aromatic carbocycles. The number of rotatable bonds is 5. The lowest BCUT2D eigenvalue weighted by Gasteiger charge is -2.03. The zero-order valence-corrected chi connectivity index (χ0v) is 16.7. The third kappa shape index (κ3) is 2.96. The third-order valence-electron chi connectivity index (χ3n) is 5.63. The van der Waals surface area contributed by atoms with E-state index in [2.05, 4.69) is 4.98 Å². The number of nitrogens with zero attached hydrogens (tertiary/aromatic N) is 3. The lowest BCUT2D eigenvalue weighted by atomic mass is 9.98. The number of nitro groups is 1. The largest absolute Gasteiger partial charge is 0.368 e. The Morgan fingerprint density at radius 1 is 1.00 bits per heavy atom. The number of fused-ring (bicyclic) bond motifs is 2. The molecule has 31 heavy (non-hydrogen) atoms. The SMILES string of the molecule is Cn1cc(-c2c[nH]cc2-c2cn(CC(N)=O)c3ccccc23)c2ccc([N+](=O)[O-])cc21. The number of nitrogens with two attached hydrogens (primary N) is 1. The van der Waals surface area contributed by atoms with Gasteiger partial charge < -0.3 is 19.9 Å². The van der Waals surface area contributed by atoms with Crippen molar-refractivity contribution >= 4 is 33.4 Å². The van der Waals surface area contributed by atoms with Gasteiger partial charge in [-0.2, -0.15) is 0 Å². The van der Waals surface area contributed by atoms with Crippen LogP contribution in [0.3, 0.4) is 0 Å². The molecule has 0 aliphatic heterocycles. The van der Waals surface area contributed by atoms with Crippen LogP contribution >= 0.6 is 0 Å². The van der Waals surface area contributed by atoms with Crippen molar-refractivity contribution in [3.63, 3.8) is 0 Å². The quantitative estimate of drug-likeness (QED) is 0.333. The molecule has 0 saturated carbocycles. The first-order valence-electron chi connectivity index (χ1n) is 9.71. The van der Waals surface area contributed by atoms with Crippen LogP contribution in [0.5, 0.6) is 0 Å². The third-order valence-corrected chi connectivity index (χ3v) is 5.63. The summed E-state index contributed by atoms with van der Waals surface area (Å²) in [4.78, 5) is 25.6. The van der Waals surface area contributed by atoms with Gasteiger partial charge in [0.1, 0.15) is 6.54 Å². The molecular formula is C23H19N5O3. The first kappa shape index (κ1) is 18.7. The number of aryl methyl sites for hydroxylation is 1. The van der Waals surface area contributed by atoms with E-state index < -0.39 is 5.91 Å². The Morgan fingerprint density at radius 3 is 2.39 bits per heavy atom. The summed E-state index contributed by atoms with van der Waals surface area (Å²) in [5.41, 5.74) is 11.1. The fraction of sp³-hybridized carbons (Fsp3) is 0.0870. The highest BCUT2D eigenvalue weighted by Gasteiger charge is 2.19.